The lowest BCUT2D eigenvalue weighted by atomic mass is 9.85. The summed E-state index contributed by atoms with van der Waals surface area (Å²) in [6.07, 6.45) is -0.368. The second-order valence-corrected chi connectivity index (χ2v) is 7.53. The lowest BCUT2D eigenvalue weighted by Gasteiger charge is -2.31. The van der Waals surface area contributed by atoms with Crippen molar-refractivity contribution in [3.63, 3.8) is 0 Å². The summed E-state index contributed by atoms with van der Waals surface area (Å²) in [6, 6.07) is 10.8. The van der Waals surface area contributed by atoms with E-state index in [0.29, 0.717) is 11.4 Å². The largest absolute Gasteiger partial charge is 0.466 e. The van der Waals surface area contributed by atoms with Crippen molar-refractivity contribution in [2.24, 2.45) is 0 Å². The van der Waals surface area contributed by atoms with Gasteiger partial charge in [-0.3, -0.25) is 9.59 Å². The van der Waals surface area contributed by atoms with Gasteiger partial charge < -0.3 is 19.1 Å². The van der Waals surface area contributed by atoms with Gasteiger partial charge in [-0.05, 0) is 18.2 Å². The molecule has 2 aliphatic rings. The van der Waals surface area contributed by atoms with Crippen molar-refractivity contribution in [3.05, 3.63) is 63.4 Å². The number of carbonyl (C=O) groups is 3. The number of hydrogen-bond donors (Lipinski definition) is 1. The summed E-state index contributed by atoms with van der Waals surface area (Å²) >= 11 is 0. The van der Waals surface area contributed by atoms with E-state index in [9.17, 15) is 24.3 Å². The predicted molar refractivity (Wildman–Crippen MR) is 106 cm³/mol. The Morgan fingerprint density at radius 3 is 2.81 bits per heavy atom. The van der Waals surface area contributed by atoms with Crippen molar-refractivity contribution in [2.75, 3.05) is 6.61 Å². The molecule has 0 radical (unpaired) electrons. The normalized spacial score (nSPS) is 18.9. The molecular weight excluding hydrogens is 404 g/mol. The third-order valence-corrected chi connectivity index (χ3v) is 5.62. The predicted octanol–water partition coefficient (Wildman–Crippen LogP) is 1.26. The van der Waals surface area contributed by atoms with Gasteiger partial charge in [-0.15, -0.1) is 0 Å². The number of ether oxygens (including phenoxy) is 2. The van der Waals surface area contributed by atoms with Crippen LogP contribution < -0.4 is 5.56 Å². The lowest BCUT2D eigenvalue weighted by molar-refractivity contribution is -0.166. The lowest BCUT2D eigenvalue weighted by Crippen LogP contribution is -2.48. The Bertz CT molecular complexity index is 1370. The summed E-state index contributed by atoms with van der Waals surface area (Å²) in [6.45, 7) is 1.08. The number of benzene rings is 1. The monoisotopic (exact) mass is 420 g/mol. The van der Waals surface area contributed by atoms with Crippen LogP contribution in [0, 0.1) is 0 Å². The highest BCUT2D eigenvalue weighted by Gasteiger charge is 2.50. The van der Waals surface area contributed by atoms with Gasteiger partial charge in [0.05, 0.1) is 30.1 Å². The number of aliphatic hydroxyl groups is 1. The molecule has 3 aromatic rings. The molecule has 0 aliphatic carbocycles. The maximum absolute atomic E-state index is 13.2. The van der Waals surface area contributed by atoms with E-state index in [1.165, 1.54) is 17.6 Å². The molecule has 2 aliphatic heterocycles. The molecule has 0 unspecified atom stereocenters. The van der Waals surface area contributed by atoms with Crippen molar-refractivity contribution in [3.8, 4) is 11.4 Å². The number of nitrogens with zero attached hydrogens (tertiary/aromatic N) is 2. The van der Waals surface area contributed by atoms with E-state index in [2.05, 4.69) is 9.72 Å². The molecule has 4 heterocycles. The molecule has 1 N–H and O–H groups in total. The Balaban J connectivity index is 1.71. The Hall–Kier alpha value is -3.85. The van der Waals surface area contributed by atoms with E-state index in [4.69, 9.17) is 4.74 Å². The first-order valence-electron chi connectivity index (χ1n) is 9.59. The standard InChI is InChI=1S/C22H16N2O7/c1-11(25)30-7-6-22(29)14-9-16-18-13(8-12-4-2-3-5-15(12)23-18)10-24(16)19(26)17(14)20(27)31-21(22)28/h2-5,8-9,29H,6-7,10H2,1H3/t22-/m0/s1. The highest BCUT2D eigenvalue weighted by Crippen LogP contribution is 2.38. The molecule has 0 saturated heterocycles. The molecule has 9 nitrogen and oxygen atoms in total. The zero-order chi connectivity index (χ0) is 21.9. The number of cyclic esters (lactones) is 2. The number of para-hydroxylation sites is 1. The zero-order valence-electron chi connectivity index (χ0n) is 16.4. The summed E-state index contributed by atoms with van der Waals surface area (Å²) in [4.78, 5) is 53.7. The van der Waals surface area contributed by atoms with Crippen molar-refractivity contribution < 1.29 is 29.0 Å². The van der Waals surface area contributed by atoms with Crippen LogP contribution in [0.1, 0.15) is 34.8 Å². The Kier molecular flexibility index (Phi) is 4.06. The van der Waals surface area contributed by atoms with E-state index in [0.717, 1.165) is 16.5 Å². The van der Waals surface area contributed by atoms with Crippen LogP contribution in [0.4, 0.5) is 0 Å². The third kappa shape index (κ3) is 2.77. The first kappa shape index (κ1) is 19.1. The first-order chi connectivity index (χ1) is 14.8. The van der Waals surface area contributed by atoms with E-state index >= 15 is 0 Å². The molecule has 5 rings (SSSR count). The molecule has 156 valence electrons. The van der Waals surface area contributed by atoms with Crippen LogP contribution in [0.5, 0.6) is 0 Å². The molecule has 0 spiro atoms. The van der Waals surface area contributed by atoms with Gasteiger partial charge >= 0.3 is 17.9 Å². The third-order valence-electron chi connectivity index (χ3n) is 5.62. The number of aromatic nitrogens is 2. The minimum Gasteiger partial charge on any atom is -0.466 e. The number of carbonyl (C=O) groups excluding carboxylic acids is 3. The van der Waals surface area contributed by atoms with Gasteiger partial charge in [-0.1, -0.05) is 18.2 Å². The molecule has 2 aromatic heterocycles. The molecule has 0 amide bonds. The minimum absolute atomic E-state index is 0.167. The van der Waals surface area contributed by atoms with Crippen molar-refractivity contribution in [1.29, 1.82) is 0 Å². The van der Waals surface area contributed by atoms with Gasteiger partial charge in [0.25, 0.3) is 5.56 Å². The maximum atomic E-state index is 13.2. The number of esters is 3. The van der Waals surface area contributed by atoms with Crippen molar-refractivity contribution in [2.45, 2.75) is 25.5 Å². The van der Waals surface area contributed by atoms with Gasteiger partial charge in [0.1, 0.15) is 5.56 Å². The van der Waals surface area contributed by atoms with Crippen LogP contribution in [0.2, 0.25) is 0 Å². The average molecular weight is 420 g/mol. The number of fused-ring (bicyclic) bond motifs is 5. The van der Waals surface area contributed by atoms with Crippen LogP contribution in [-0.2, 0) is 31.2 Å². The molecule has 0 fully saturated rings. The summed E-state index contributed by atoms with van der Waals surface area (Å²) in [5, 5.41) is 12.0. The van der Waals surface area contributed by atoms with E-state index in [1.54, 1.807) is 0 Å². The number of rotatable bonds is 3. The second-order valence-electron chi connectivity index (χ2n) is 7.53. The fraction of sp³-hybridized carbons (Fsp3) is 0.227. The Morgan fingerprint density at radius 1 is 1.26 bits per heavy atom. The molecular formula is C22H16N2O7. The average Bonchev–Trinajstić information content (AvgIpc) is 3.08. The molecule has 1 atom stereocenters. The topological polar surface area (TPSA) is 125 Å². The highest BCUT2D eigenvalue weighted by molar-refractivity contribution is 6.05. The molecule has 9 heteroatoms. The Labute approximate surface area is 174 Å². The Morgan fingerprint density at radius 2 is 2.03 bits per heavy atom. The summed E-state index contributed by atoms with van der Waals surface area (Å²) in [7, 11) is 0. The summed E-state index contributed by atoms with van der Waals surface area (Å²) in [5.74, 6) is -2.93. The van der Waals surface area contributed by atoms with Crippen LogP contribution in [0.3, 0.4) is 0 Å². The van der Waals surface area contributed by atoms with Crippen LogP contribution in [0.15, 0.2) is 41.2 Å². The fourth-order valence-corrected chi connectivity index (χ4v) is 4.10. The van der Waals surface area contributed by atoms with E-state index in [1.807, 2.05) is 30.3 Å². The van der Waals surface area contributed by atoms with Crippen LogP contribution >= 0.6 is 0 Å². The van der Waals surface area contributed by atoms with Gasteiger partial charge in [-0.2, -0.15) is 0 Å². The fourth-order valence-electron chi connectivity index (χ4n) is 4.10. The van der Waals surface area contributed by atoms with Gasteiger partial charge in [-0.25, -0.2) is 14.6 Å². The minimum atomic E-state index is -2.31. The number of hydrogen-bond acceptors (Lipinski definition) is 8. The quantitative estimate of drug-likeness (QED) is 0.388. The smallest absolute Gasteiger partial charge is 0.351 e. The van der Waals surface area contributed by atoms with Crippen molar-refractivity contribution in [1.82, 2.24) is 9.55 Å². The van der Waals surface area contributed by atoms with E-state index < -0.39 is 34.6 Å². The number of pyridine rings is 2. The highest BCUT2D eigenvalue weighted by atomic mass is 16.6. The van der Waals surface area contributed by atoms with Gasteiger partial charge in [0, 0.05) is 29.9 Å². The molecule has 1 aromatic carbocycles. The SMILES string of the molecule is CC(=O)OCC[C@@]1(O)C(=O)OC(=O)c2c1cc1n(c2=O)Cc2cc3ccccc3nc2-1. The molecule has 0 bridgehead atoms. The second kappa shape index (κ2) is 6.58. The van der Waals surface area contributed by atoms with E-state index in [-0.39, 0.29) is 25.1 Å². The summed E-state index contributed by atoms with van der Waals surface area (Å²) < 4.78 is 10.9. The molecule has 31 heavy (non-hydrogen) atoms. The summed E-state index contributed by atoms with van der Waals surface area (Å²) in [5.41, 5.74) is -1.15. The van der Waals surface area contributed by atoms with Gasteiger partial charge in [0.2, 0.25) is 0 Å². The van der Waals surface area contributed by atoms with Crippen LogP contribution in [-0.4, -0.2) is 39.2 Å². The van der Waals surface area contributed by atoms with Crippen molar-refractivity contribution >= 4 is 28.8 Å². The zero-order valence-corrected chi connectivity index (χ0v) is 16.4. The first-order valence-corrected chi connectivity index (χ1v) is 9.59. The van der Waals surface area contributed by atoms with Gasteiger partial charge in [0.15, 0.2) is 5.60 Å². The molecule has 0 saturated carbocycles. The maximum Gasteiger partial charge on any atom is 0.351 e. The van der Waals surface area contributed by atoms with Crippen LogP contribution in [0.25, 0.3) is 22.3 Å².